The number of unbranched alkanes of at least 4 members (excludes halogenated alkanes) is 1. The number of carbonyl (C=O) groups excluding carboxylic acids is 2. The van der Waals surface area contributed by atoms with Gasteiger partial charge in [-0.3, -0.25) is 0 Å². The molecule has 0 saturated heterocycles. The molecule has 39 heavy (non-hydrogen) atoms. The van der Waals surface area contributed by atoms with Crippen molar-refractivity contribution in [2.45, 2.75) is 53.4 Å². The van der Waals surface area contributed by atoms with Gasteiger partial charge in [-0.25, -0.2) is 9.59 Å². The van der Waals surface area contributed by atoms with Crippen LogP contribution in [-0.4, -0.2) is 25.7 Å². The summed E-state index contributed by atoms with van der Waals surface area (Å²) in [5, 5.41) is 0. The van der Waals surface area contributed by atoms with E-state index in [1.165, 1.54) is 25.5 Å². The number of hydrogen-bond donors (Lipinski definition) is 0. The Balaban J connectivity index is 0. The first-order chi connectivity index (χ1) is 18.6. The lowest BCUT2D eigenvalue weighted by Gasteiger charge is -2.14. The van der Waals surface area contributed by atoms with E-state index in [-0.39, 0.29) is 11.9 Å². The lowest BCUT2D eigenvalue weighted by atomic mass is 10.0. The van der Waals surface area contributed by atoms with E-state index in [2.05, 4.69) is 51.5 Å². The average Bonchev–Trinajstić information content (AvgIpc) is 2.97. The van der Waals surface area contributed by atoms with Gasteiger partial charge >= 0.3 is 11.9 Å². The fourth-order valence-electron chi connectivity index (χ4n) is 2.75. The highest BCUT2D eigenvalue weighted by atomic mass is 16.5. The SMILES string of the molecule is C=C(C)C(=O)OC.C=C(C)C(=O)OCC(CC)CCCC.C=Cc1ccc(C=C)cc1.C=Cc1ccccc1. The molecule has 0 heterocycles. The van der Waals surface area contributed by atoms with Crippen LogP contribution in [0.3, 0.4) is 0 Å². The summed E-state index contributed by atoms with van der Waals surface area (Å²) in [6.45, 7) is 26.0. The molecule has 2 aromatic rings. The van der Waals surface area contributed by atoms with Gasteiger partial charge in [0.15, 0.2) is 0 Å². The Labute approximate surface area is 237 Å². The van der Waals surface area contributed by atoms with Crippen LogP contribution in [0.25, 0.3) is 18.2 Å². The van der Waals surface area contributed by atoms with Crippen LogP contribution >= 0.6 is 0 Å². The molecule has 0 N–H and O–H groups in total. The molecule has 0 amide bonds. The Morgan fingerprint density at radius 1 is 0.769 bits per heavy atom. The van der Waals surface area contributed by atoms with E-state index in [0.717, 1.165) is 24.0 Å². The Bertz CT molecular complexity index is 974. The Morgan fingerprint density at radius 3 is 1.49 bits per heavy atom. The van der Waals surface area contributed by atoms with Gasteiger partial charge in [-0.1, -0.05) is 139 Å². The molecule has 212 valence electrons. The molecule has 0 aromatic heterocycles. The van der Waals surface area contributed by atoms with Crippen molar-refractivity contribution in [3.8, 4) is 0 Å². The number of carbonyl (C=O) groups is 2. The second kappa shape index (κ2) is 24.4. The number of benzene rings is 2. The molecule has 0 aliphatic heterocycles. The monoisotopic (exact) mass is 532 g/mol. The number of ether oxygens (including phenoxy) is 2. The van der Waals surface area contributed by atoms with Crippen molar-refractivity contribution in [1.29, 1.82) is 0 Å². The summed E-state index contributed by atoms with van der Waals surface area (Å²) in [6.07, 6.45) is 10.1. The molecule has 1 unspecified atom stereocenters. The summed E-state index contributed by atoms with van der Waals surface area (Å²) in [7, 11) is 1.33. The van der Waals surface area contributed by atoms with Crippen molar-refractivity contribution in [2.24, 2.45) is 5.92 Å². The minimum atomic E-state index is -0.347. The largest absolute Gasteiger partial charge is 0.466 e. The molecule has 1 atom stereocenters. The second-order valence-corrected chi connectivity index (χ2v) is 8.76. The maximum absolute atomic E-state index is 11.1. The molecule has 4 heteroatoms. The molecule has 4 nitrogen and oxygen atoms in total. The summed E-state index contributed by atoms with van der Waals surface area (Å²) in [6, 6.07) is 18.1. The maximum atomic E-state index is 11.1. The number of methoxy groups -OCH3 is 1. The van der Waals surface area contributed by atoms with E-state index in [9.17, 15) is 9.59 Å². The first-order valence-electron chi connectivity index (χ1n) is 13.2. The number of hydrogen-bond acceptors (Lipinski definition) is 4. The van der Waals surface area contributed by atoms with E-state index in [1.54, 1.807) is 13.8 Å². The second-order valence-electron chi connectivity index (χ2n) is 8.76. The third-order valence-electron chi connectivity index (χ3n) is 5.32. The third kappa shape index (κ3) is 20.8. The lowest BCUT2D eigenvalue weighted by Crippen LogP contribution is -2.14. The highest BCUT2D eigenvalue weighted by Crippen LogP contribution is 2.13. The van der Waals surface area contributed by atoms with Crippen LogP contribution in [0.1, 0.15) is 70.1 Å². The Hall–Kier alpha value is -3.92. The van der Waals surface area contributed by atoms with Crippen molar-refractivity contribution in [3.63, 3.8) is 0 Å². The standard InChI is InChI=1S/C12H22O2.C10H10.C8H8.C5H8O2/c1-5-7-8-11(6-2)9-14-12(13)10(3)4;1-3-9-5-7-10(4-2)8-6-9;1-2-8-6-4-3-5-7-8;1-4(2)5(6)7-3/h11H,3,5-9H2,1-2,4H3;3-8H,1-2H2;2-7H,1H2;1H2,2-3H3. The van der Waals surface area contributed by atoms with Crippen molar-refractivity contribution >= 4 is 30.2 Å². The summed E-state index contributed by atoms with van der Waals surface area (Å²) in [5.41, 5.74) is 4.38. The van der Waals surface area contributed by atoms with Gasteiger partial charge in [0.25, 0.3) is 0 Å². The predicted molar refractivity (Wildman–Crippen MR) is 169 cm³/mol. The van der Waals surface area contributed by atoms with Crippen molar-refractivity contribution < 1.29 is 19.1 Å². The van der Waals surface area contributed by atoms with Gasteiger partial charge in [0, 0.05) is 11.1 Å². The van der Waals surface area contributed by atoms with Gasteiger partial charge in [-0.15, -0.1) is 0 Å². The lowest BCUT2D eigenvalue weighted by molar-refractivity contribution is -0.140. The van der Waals surface area contributed by atoms with Gasteiger partial charge in [0.05, 0.1) is 13.7 Å². The van der Waals surface area contributed by atoms with Crippen LogP contribution in [0.15, 0.2) is 98.6 Å². The molecule has 0 radical (unpaired) electrons. The van der Waals surface area contributed by atoms with E-state index in [0.29, 0.717) is 23.7 Å². The topological polar surface area (TPSA) is 52.6 Å². The number of esters is 2. The zero-order valence-corrected chi connectivity index (χ0v) is 24.7. The quantitative estimate of drug-likeness (QED) is 0.214. The van der Waals surface area contributed by atoms with E-state index in [4.69, 9.17) is 4.74 Å². The van der Waals surface area contributed by atoms with E-state index >= 15 is 0 Å². The average molecular weight is 533 g/mol. The van der Waals surface area contributed by atoms with Gasteiger partial charge in [0.1, 0.15) is 0 Å². The molecule has 0 aliphatic rings. The van der Waals surface area contributed by atoms with Crippen LogP contribution in [0.2, 0.25) is 0 Å². The predicted octanol–water partition coefficient (Wildman–Crippen LogP) is 9.36. The molecular formula is C35H48O4. The van der Waals surface area contributed by atoms with E-state index in [1.807, 2.05) is 72.8 Å². The van der Waals surface area contributed by atoms with Gasteiger partial charge in [-0.05, 0) is 42.9 Å². The van der Waals surface area contributed by atoms with Gasteiger partial charge < -0.3 is 9.47 Å². The third-order valence-corrected chi connectivity index (χ3v) is 5.32. The smallest absolute Gasteiger partial charge is 0.333 e. The van der Waals surface area contributed by atoms with Crippen molar-refractivity contribution in [1.82, 2.24) is 0 Å². The summed E-state index contributed by atoms with van der Waals surface area (Å²) in [5.74, 6) is -0.0989. The van der Waals surface area contributed by atoms with Crippen LogP contribution in [0.5, 0.6) is 0 Å². The van der Waals surface area contributed by atoms with Crippen LogP contribution < -0.4 is 0 Å². The molecule has 0 bridgehead atoms. The molecule has 2 rings (SSSR count). The minimum Gasteiger partial charge on any atom is -0.466 e. The molecule has 0 spiro atoms. The van der Waals surface area contributed by atoms with Crippen LogP contribution in [-0.2, 0) is 19.1 Å². The first kappa shape index (κ1) is 37.2. The summed E-state index contributed by atoms with van der Waals surface area (Å²) in [4.78, 5) is 21.3. The van der Waals surface area contributed by atoms with Gasteiger partial charge in [0.2, 0.25) is 0 Å². The molecular weight excluding hydrogens is 484 g/mol. The molecule has 0 aliphatic carbocycles. The first-order valence-corrected chi connectivity index (χ1v) is 13.2. The van der Waals surface area contributed by atoms with Gasteiger partial charge in [-0.2, -0.15) is 0 Å². The normalized spacial score (nSPS) is 9.77. The fourth-order valence-corrected chi connectivity index (χ4v) is 2.75. The van der Waals surface area contributed by atoms with Crippen LogP contribution in [0.4, 0.5) is 0 Å². The van der Waals surface area contributed by atoms with Crippen LogP contribution in [0, 0.1) is 5.92 Å². The fraction of sp³-hybridized carbons (Fsp3) is 0.314. The number of rotatable bonds is 11. The van der Waals surface area contributed by atoms with E-state index < -0.39 is 0 Å². The van der Waals surface area contributed by atoms with Crippen molar-refractivity contribution in [2.75, 3.05) is 13.7 Å². The summed E-state index contributed by atoms with van der Waals surface area (Å²) < 4.78 is 9.39. The zero-order valence-electron chi connectivity index (χ0n) is 24.7. The molecule has 2 aromatic carbocycles. The molecule has 0 saturated carbocycles. The highest BCUT2D eigenvalue weighted by molar-refractivity contribution is 5.87. The summed E-state index contributed by atoms with van der Waals surface area (Å²) >= 11 is 0. The zero-order chi connectivity index (χ0) is 30.1. The Kier molecular flexibility index (Phi) is 23.3. The maximum Gasteiger partial charge on any atom is 0.333 e. The minimum absolute atomic E-state index is 0.264. The Morgan fingerprint density at radius 2 is 1.21 bits per heavy atom. The molecule has 0 fully saturated rings. The van der Waals surface area contributed by atoms with Crippen molar-refractivity contribution in [3.05, 3.63) is 115 Å². The highest BCUT2D eigenvalue weighted by Gasteiger charge is 2.09.